The fourth-order valence-electron chi connectivity index (χ4n) is 3.22. The molecule has 2 nitrogen and oxygen atoms in total. The van der Waals surface area contributed by atoms with Crippen molar-refractivity contribution in [3.8, 4) is 0 Å². The van der Waals surface area contributed by atoms with Gasteiger partial charge in [-0.1, -0.05) is 33.8 Å². The summed E-state index contributed by atoms with van der Waals surface area (Å²) in [5.74, 6) is -0.0518. The summed E-state index contributed by atoms with van der Waals surface area (Å²) in [6, 6.07) is 3.59. The molecular weight excluding hydrogens is 316 g/mol. The van der Waals surface area contributed by atoms with E-state index in [0.717, 1.165) is 18.2 Å². The molecule has 5 heteroatoms. The van der Waals surface area contributed by atoms with Crippen LogP contribution in [0.3, 0.4) is 0 Å². The van der Waals surface area contributed by atoms with Crippen molar-refractivity contribution >= 4 is 17.7 Å². The van der Waals surface area contributed by atoms with Crippen molar-refractivity contribution in [3.05, 3.63) is 35.4 Å². The minimum atomic E-state index is -0.592. The van der Waals surface area contributed by atoms with Crippen molar-refractivity contribution in [2.75, 3.05) is 12.3 Å². The van der Waals surface area contributed by atoms with E-state index in [1.54, 1.807) is 4.90 Å². The Morgan fingerprint density at radius 1 is 1.39 bits per heavy atom. The van der Waals surface area contributed by atoms with Crippen LogP contribution < -0.4 is 0 Å². The lowest BCUT2D eigenvalue weighted by molar-refractivity contribution is -0.132. The first-order chi connectivity index (χ1) is 10.7. The lowest BCUT2D eigenvalue weighted by Gasteiger charge is -2.28. The van der Waals surface area contributed by atoms with Gasteiger partial charge in [-0.3, -0.25) is 4.79 Å². The number of carbonyl (C=O) groups excluding carboxylic acids is 1. The summed E-state index contributed by atoms with van der Waals surface area (Å²) >= 11 is 1.53. The van der Waals surface area contributed by atoms with E-state index in [-0.39, 0.29) is 22.6 Å². The highest BCUT2D eigenvalue weighted by molar-refractivity contribution is 7.99. The lowest BCUT2D eigenvalue weighted by atomic mass is 9.84. The molecule has 0 unspecified atom stereocenters. The Labute approximate surface area is 141 Å². The molecule has 0 bridgehead atoms. The zero-order valence-electron chi connectivity index (χ0n) is 14.2. The second-order valence-electron chi connectivity index (χ2n) is 7.55. The molecule has 0 aliphatic carbocycles. The number of benzene rings is 1. The van der Waals surface area contributed by atoms with Gasteiger partial charge in [-0.05, 0) is 23.8 Å². The van der Waals surface area contributed by atoms with E-state index in [4.69, 9.17) is 0 Å². The topological polar surface area (TPSA) is 20.3 Å². The lowest BCUT2D eigenvalue weighted by Crippen LogP contribution is -2.32. The summed E-state index contributed by atoms with van der Waals surface area (Å²) in [4.78, 5) is 14.4. The standard InChI is InChI=1S/C18H25F2NOS/c1-12(11-18(2,3)4)9-16(22)21-7-8-23-17(21)14-6-5-13(19)10-15(14)20/h5-6,10,12,17H,7-9,11H2,1-4H3/t12-,17-/m0/s1. The Bertz CT molecular complexity index is 571. The van der Waals surface area contributed by atoms with Crippen LogP contribution in [0.4, 0.5) is 8.78 Å². The van der Waals surface area contributed by atoms with Gasteiger partial charge in [0.2, 0.25) is 5.91 Å². The molecule has 2 rings (SSSR count). The van der Waals surface area contributed by atoms with Gasteiger partial charge in [0, 0.05) is 30.3 Å². The average molecular weight is 341 g/mol. The van der Waals surface area contributed by atoms with Crippen LogP contribution in [0.15, 0.2) is 18.2 Å². The number of nitrogens with zero attached hydrogens (tertiary/aromatic N) is 1. The third-order valence-corrected chi connectivity index (χ3v) is 5.17. The van der Waals surface area contributed by atoms with Crippen LogP contribution in [0.2, 0.25) is 0 Å². The van der Waals surface area contributed by atoms with Gasteiger partial charge in [-0.2, -0.15) is 0 Å². The van der Waals surface area contributed by atoms with E-state index < -0.39 is 11.6 Å². The molecule has 1 aromatic carbocycles. The number of amides is 1. The number of thioether (sulfide) groups is 1. The summed E-state index contributed by atoms with van der Waals surface area (Å²) in [6.45, 7) is 9.19. The minimum Gasteiger partial charge on any atom is -0.326 e. The van der Waals surface area contributed by atoms with Crippen molar-refractivity contribution < 1.29 is 13.6 Å². The van der Waals surface area contributed by atoms with Crippen molar-refractivity contribution in [1.82, 2.24) is 4.90 Å². The number of hydrogen-bond acceptors (Lipinski definition) is 2. The maximum atomic E-state index is 14.0. The largest absolute Gasteiger partial charge is 0.326 e. The van der Waals surface area contributed by atoms with Gasteiger partial charge < -0.3 is 4.90 Å². The molecule has 2 atom stereocenters. The Morgan fingerprint density at radius 3 is 2.70 bits per heavy atom. The molecular formula is C18H25F2NOS. The molecule has 1 amide bonds. The smallest absolute Gasteiger partial charge is 0.224 e. The van der Waals surface area contributed by atoms with Crippen LogP contribution in [-0.4, -0.2) is 23.1 Å². The fraction of sp³-hybridized carbons (Fsp3) is 0.611. The van der Waals surface area contributed by atoms with Crippen LogP contribution >= 0.6 is 11.8 Å². The highest BCUT2D eigenvalue weighted by Crippen LogP contribution is 2.40. The van der Waals surface area contributed by atoms with Gasteiger partial charge in [0.05, 0.1) is 0 Å². The van der Waals surface area contributed by atoms with Crippen LogP contribution in [-0.2, 0) is 4.79 Å². The quantitative estimate of drug-likeness (QED) is 0.768. The second-order valence-corrected chi connectivity index (χ2v) is 8.74. The molecule has 1 heterocycles. The minimum absolute atomic E-state index is 0.0560. The molecule has 1 aliphatic rings. The number of carbonyl (C=O) groups is 1. The second kappa shape index (κ2) is 7.20. The van der Waals surface area contributed by atoms with Gasteiger partial charge in [0.25, 0.3) is 0 Å². The zero-order chi connectivity index (χ0) is 17.2. The summed E-state index contributed by atoms with van der Waals surface area (Å²) in [7, 11) is 0. The summed E-state index contributed by atoms with van der Waals surface area (Å²) in [5, 5.41) is -0.343. The first kappa shape index (κ1) is 18.2. The number of hydrogen-bond donors (Lipinski definition) is 0. The molecule has 1 aliphatic heterocycles. The summed E-state index contributed by atoms with van der Waals surface area (Å²) in [5.41, 5.74) is 0.577. The average Bonchev–Trinajstić information content (AvgIpc) is 2.85. The Balaban J connectivity index is 2.07. The third kappa shape index (κ3) is 4.93. The summed E-state index contributed by atoms with van der Waals surface area (Å²) < 4.78 is 27.1. The van der Waals surface area contributed by atoms with Gasteiger partial charge in [-0.25, -0.2) is 8.78 Å². The van der Waals surface area contributed by atoms with E-state index in [0.29, 0.717) is 18.5 Å². The first-order valence-electron chi connectivity index (χ1n) is 8.03. The van der Waals surface area contributed by atoms with Crippen molar-refractivity contribution in [3.63, 3.8) is 0 Å². The van der Waals surface area contributed by atoms with E-state index in [9.17, 15) is 13.6 Å². The molecule has 128 valence electrons. The predicted octanol–water partition coefficient (Wildman–Crippen LogP) is 5.00. The molecule has 23 heavy (non-hydrogen) atoms. The van der Waals surface area contributed by atoms with Crippen LogP contribution in [0, 0.1) is 23.0 Å². The maximum Gasteiger partial charge on any atom is 0.224 e. The van der Waals surface area contributed by atoms with Crippen LogP contribution in [0.25, 0.3) is 0 Å². The van der Waals surface area contributed by atoms with Gasteiger partial charge >= 0.3 is 0 Å². The highest BCUT2D eigenvalue weighted by atomic mass is 32.2. The molecule has 0 saturated carbocycles. The molecule has 0 spiro atoms. The van der Waals surface area contributed by atoms with Crippen LogP contribution in [0.1, 0.15) is 51.5 Å². The normalized spacial score (nSPS) is 19.9. The van der Waals surface area contributed by atoms with Crippen molar-refractivity contribution in [2.45, 2.75) is 45.9 Å². The van der Waals surface area contributed by atoms with Gasteiger partial charge in [0.15, 0.2) is 0 Å². The predicted molar refractivity (Wildman–Crippen MR) is 91.1 cm³/mol. The Hall–Kier alpha value is -1.10. The van der Waals surface area contributed by atoms with E-state index >= 15 is 0 Å². The highest BCUT2D eigenvalue weighted by Gasteiger charge is 2.33. The first-order valence-corrected chi connectivity index (χ1v) is 9.08. The van der Waals surface area contributed by atoms with E-state index in [1.807, 2.05) is 0 Å². The molecule has 0 N–H and O–H groups in total. The van der Waals surface area contributed by atoms with Gasteiger partial charge in [-0.15, -0.1) is 11.8 Å². The van der Waals surface area contributed by atoms with E-state index in [2.05, 4.69) is 27.7 Å². The van der Waals surface area contributed by atoms with Crippen molar-refractivity contribution in [1.29, 1.82) is 0 Å². The molecule has 1 aromatic rings. The number of halogens is 2. The third-order valence-electron chi connectivity index (χ3n) is 3.92. The molecule has 0 aromatic heterocycles. The van der Waals surface area contributed by atoms with Crippen LogP contribution in [0.5, 0.6) is 0 Å². The molecule has 0 radical (unpaired) electrons. The Morgan fingerprint density at radius 2 is 2.09 bits per heavy atom. The molecule has 1 fully saturated rings. The summed E-state index contributed by atoms with van der Waals surface area (Å²) in [6.07, 6.45) is 1.44. The fourth-order valence-corrected chi connectivity index (χ4v) is 4.52. The van der Waals surface area contributed by atoms with Crippen molar-refractivity contribution in [2.24, 2.45) is 11.3 Å². The molecule has 1 saturated heterocycles. The van der Waals surface area contributed by atoms with Gasteiger partial charge in [0.1, 0.15) is 17.0 Å². The maximum absolute atomic E-state index is 14.0. The van der Waals surface area contributed by atoms with E-state index in [1.165, 1.54) is 23.9 Å². The monoisotopic (exact) mass is 341 g/mol. The Kier molecular flexibility index (Phi) is 5.71. The number of rotatable bonds is 4. The SMILES string of the molecule is C[C@@H](CC(=O)N1CCS[C@H]1c1ccc(F)cc1F)CC(C)(C)C. The zero-order valence-corrected chi connectivity index (χ0v) is 15.1.